The van der Waals surface area contributed by atoms with Crippen molar-refractivity contribution in [2.24, 2.45) is 5.92 Å². The molecule has 1 fully saturated rings. The van der Waals surface area contributed by atoms with Gasteiger partial charge in [0, 0.05) is 20.1 Å². The molecule has 1 aliphatic heterocycles. The van der Waals surface area contributed by atoms with Crippen LogP contribution in [0.25, 0.3) is 0 Å². The van der Waals surface area contributed by atoms with Crippen molar-refractivity contribution in [1.29, 1.82) is 0 Å². The van der Waals surface area contributed by atoms with E-state index in [9.17, 15) is 14.7 Å². The van der Waals surface area contributed by atoms with E-state index in [1.54, 1.807) is 14.0 Å². The summed E-state index contributed by atoms with van der Waals surface area (Å²) < 4.78 is 10.6. The first-order valence-corrected chi connectivity index (χ1v) is 8.92. The number of aliphatic hydroxyl groups is 1. The average Bonchev–Trinajstić information content (AvgIpc) is 2.99. The molecule has 0 aromatic carbocycles. The van der Waals surface area contributed by atoms with Gasteiger partial charge in [-0.2, -0.15) is 0 Å². The Morgan fingerprint density at radius 2 is 2.04 bits per heavy atom. The minimum Gasteiger partial charge on any atom is -0.468 e. The number of rotatable bonds is 4. The van der Waals surface area contributed by atoms with Gasteiger partial charge in [-0.15, -0.1) is 0 Å². The fourth-order valence-electron chi connectivity index (χ4n) is 3.75. The fourth-order valence-corrected chi connectivity index (χ4v) is 4.69. The average molecular weight is 404 g/mol. The molecule has 1 heterocycles. The Kier molecular flexibility index (Phi) is 5.47. The van der Waals surface area contributed by atoms with Crippen molar-refractivity contribution < 1.29 is 24.2 Å². The molecule has 2 aliphatic rings. The van der Waals surface area contributed by atoms with E-state index in [1.807, 2.05) is 13.8 Å². The maximum absolute atomic E-state index is 12.6. The number of ether oxygens (including phenoxy) is 2. The number of allylic oxidation sites excluding steroid dienone is 1. The van der Waals surface area contributed by atoms with Gasteiger partial charge in [-0.05, 0) is 49.5 Å². The first-order chi connectivity index (χ1) is 11.1. The van der Waals surface area contributed by atoms with Gasteiger partial charge in [-0.3, -0.25) is 9.59 Å². The number of hydrogen-bond donors (Lipinski definition) is 1. The van der Waals surface area contributed by atoms with E-state index in [1.165, 1.54) is 7.11 Å². The lowest BCUT2D eigenvalue weighted by atomic mass is 9.79. The topological polar surface area (TPSA) is 76.1 Å². The number of esters is 1. The summed E-state index contributed by atoms with van der Waals surface area (Å²) in [6.45, 7) is 6.37. The van der Waals surface area contributed by atoms with Gasteiger partial charge in [-0.1, -0.05) is 0 Å². The van der Waals surface area contributed by atoms with Crippen molar-refractivity contribution >= 4 is 27.7 Å². The zero-order chi connectivity index (χ0) is 18.3. The number of Topliss-reactive ketones (excluding diaryl/α,β-unsaturated/α-hetero) is 1. The predicted molar refractivity (Wildman–Crippen MR) is 92.5 cm³/mol. The van der Waals surface area contributed by atoms with Crippen molar-refractivity contribution in [3.63, 3.8) is 0 Å². The first-order valence-electron chi connectivity index (χ1n) is 8.13. The molecule has 3 atom stereocenters. The predicted octanol–water partition coefficient (Wildman–Crippen LogP) is 2.00. The normalized spacial score (nSPS) is 31.6. The monoisotopic (exact) mass is 403 g/mol. The molecule has 1 aliphatic carbocycles. The third-order valence-corrected chi connectivity index (χ3v) is 5.97. The molecule has 0 amide bonds. The second-order valence-corrected chi connectivity index (χ2v) is 8.03. The molecule has 0 saturated carbocycles. The van der Waals surface area contributed by atoms with Gasteiger partial charge in [0.15, 0.2) is 5.78 Å². The zero-order valence-corrected chi connectivity index (χ0v) is 16.5. The highest BCUT2D eigenvalue weighted by Gasteiger charge is 2.50. The van der Waals surface area contributed by atoms with E-state index in [0.717, 1.165) is 19.4 Å². The molecule has 2 rings (SSSR count). The Balaban J connectivity index is 2.46. The third-order valence-electron chi connectivity index (χ3n) is 5.21. The van der Waals surface area contributed by atoms with Crippen LogP contribution in [0, 0.1) is 5.92 Å². The summed E-state index contributed by atoms with van der Waals surface area (Å²) in [5.74, 6) is -1.95. The van der Waals surface area contributed by atoms with Crippen molar-refractivity contribution in [3.8, 4) is 0 Å². The van der Waals surface area contributed by atoms with Gasteiger partial charge in [0.05, 0.1) is 28.9 Å². The van der Waals surface area contributed by atoms with Crippen LogP contribution in [0.15, 0.2) is 10.2 Å². The standard InChI is InChI=1S/C17H26BrNO5/c1-16(2,24-5)11-7-6-8-19(11)14-12(18)13(20)10(15(21)23-4)9-17(14,3)22/h10-11,22H,6-9H2,1-5H3/t10?,11-,17-/m0/s1. The van der Waals surface area contributed by atoms with E-state index in [4.69, 9.17) is 9.47 Å². The van der Waals surface area contributed by atoms with Crippen molar-refractivity contribution in [1.82, 2.24) is 4.90 Å². The molecule has 7 heteroatoms. The number of methoxy groups -OCH3 is 2. The van der Waals surface area contributed by atoms with Crippen molar-refractivity contribution in [2.75, 3.05) is 20.8 Å². The highest BCUT2D eigenvalue weighted by molar-refractivity contribution is 9.12. The Labute approximate surface area is 151 Å². The van der Waals surface area contributed by atoms with Crippen LogP contribution < -0.4 is 0 Å². The van der Waals surface area contributed by atoms with Crippen LogP contribution in [0.4, 0.5) is 0 Å². The second kappa shape index (κ2) is 6.77. The molecular weight excluding hydrogens is 378 g/mol. The van der Waals surface area contributed by atoms with Gasteiger partial charge < -0.3 is 19.5 Å². The number of carbonyl (C=O) groups excluding carboxylic acids is 2. The molecule has 24 heavy (non-hydrogen) atoms. The molecule has 0 aromatic heterocycles. The van der Waals surface area contributed by atoms with Crippen molar-refractivity contribution in [3.05, 3.63) is 10.2 Å². The first kappa shape index (κ1) is 19.4. The summed E-state index contributed by atoms with van der Waals surface area (Å²) >= 11 is 3.34. The number of likely N-dealkylation sites (tertiary alicyclic amines) is 1. The fraction of sp³-hybridized carbons (Fsp3) is 0.765. The molecule has 0 bridgehead atoms. The summed E-state index contributed by atoms with van der Waals surface area (Å²) in [6, 6.07) is 0.0407. The molecule has 0 aromatic rings. The molecule has 1 saturated heterocycles. The maximum atomic E-state index is 12.6. The SMILES string of the molecule is COC(=O)C1C[C@](C)(O)C(N2CCC[C@H]2C(C)(C)OC)=C(Br)C1=O. The van der Waals surface area contributed by atoms with Crippen LogP contribution in [0.1, 0.15) is 40.0 Å². The zero-order valence-electron chi connectivity index (χ0n) is 14.9. The Bertz CT molecular complexity index is 569. The van der Waals surface area contributed by atoms with Gasteiger partial charge in [-0.25, -0.2) is 0 Å². The Morgan fingerprint density at radius 1 is 1.42 bits per heavy atom. The molecule has 0 radical (unpaired) electrons. The van der Waals surface area contributed by atoms with Crippen LogP contribution in [0.5, 0.6) is 0 Å². The van der Waals surface area contributed by atoms with Gasteiger partial charge in [0.2, 0.25) is 0 Å². The Morgan fingerprint density at radius 3 is 2.58 bits per heavy atom. The molecule has 0 spiro atoms. The van der Waals surface area contributed by atoms with Crippen LogP contribution >= 0.6 is 15.9 Å². The van der Waals surface area contributed by atoms with Gasteiger partial charge >= 0.3 is 5.97 Å². The summed E-state index contributed by atoms with van der Waals surface area (Å²) in [6.07, 6.45) is 1.88. The molecule has 136 valence electrons. The molecule has 1 unspecified atom stereocenters. The lowest BCUT2D eigenvalue weighted by Crippen LogP contribution is -2.53. The lowest BCUT2D eigenvalue weighted by molar-refractivity contribution is -0.152. The molecule has 6 nitrogen and oxygen atoms in total. The smallest absolute Gasteiger partial charge is 0.316 e. The molecular formula is C17H26BrNO5. The van der Waals surface area contributed by atoms with Crippen LogP contribution in [0.2, 0.25) is 0 Å². The highest BCUT2D eigenvalue weighted by Crippen LogP contribution is 2.44. The lowest BCUT2D eigenvalue weighted by Gasteiger charge is -2.45. The van der Waals surface area contributed by atoms with Crippen LogP contribution in [0.3, 0.4) is 0 Å². The largest absolute Gasteiger partial charge is 0.468 e. The summed E-state index contributed by atoms with van der Waals surface area (Å²) in [7, 11) is 2.91. The summed E-state index contributed by atoms with van der Waals surface area (Å²) in [4.78, 5) is 26.6. The summed E-state index contributed by atoms with van der Waals surface area (Å²) in [5, 5.41) is 11.0. The Hall–Kier alpha value is -0.920. The van der Waals surface area contributed by atoms with Crippen molar-refractivity contribution in [2.45, 2.75) is 57.3 Å². The quantitative estimate of drug-likeness (QED) is 0.571. The summed E-state index contributed by atoms with van der Waals surface area (Å²) in [5.41, 5.74) is -1.19. The number of halogens is 1. The van der Waals surface area contributed by atoms with E-state index in [2.05, 4.69) is 20.8 Å². The number of carbonyl (C=O) groups is 2. The minimum absolute atomic E-state index is 0.0135. The number of ketones is 1. The maximum Gasteiger partial charge on any atom is 0.316 e. The highest BCUT2D eigenvalue weighted by atomic mass is 79.9. The minimum atomic E-state index is -1.31. The van der Waals surface area contributed by atoms with E-state index >= 15 is 0 Å². The van der Waals surface area contributed by atoms with E-state index < -0.39 is 23.1 Å². The van der Waals surface area contributed by atoms with Crippen LogP contribution in [-0.2, 0) is 19.1 Å². The second-order valence-electron chi connectivity index (χ2n) is 7.24. The van der Waals surface area contributed by atoms with E-state index in [-0.39, 0.29) is 22.7 Å². The van der Waals surface area contributed by atoms with Gasteiger partial charge in [0.25, 0.3) is 0 Å². The van der Waals surface area contributed by atoms with Gasteiger partial charge in [0.1, 0.15) is 11.5 Å². The number of nitrogens with zero attached hydrogens (tertiary/aromatic N) is 1. The molecule has 1 N–H and O–H groups in total. The van der Waals surface area contributed by atoms with Crippen LogP contribution in [-0.4, -0.2) is 59.8 Å². The third kappa shape index (κ3) is 3.26. The van der Waals surface area contributed by atoms with E-state index in [0.29, 0.717) is 5.70 Å². The number of hydrogen-bond acceptors (Lipinski definition) is 6.